The molecule has 1 aliphatic carbocycles. The zero-order valence-electron chi connectivity index (χ0n) is 33.2. The lowest BCUT2D eigenvalue weighted by atomic mass is 9.83. The molecular weight excluding hydrogens is 622 g/mol. The number of carbonyl (C=O) groups excluding carboxylic acids is 2. The van der Waals surface area contributed by atoms with Gasteiger partial charge in [-0.2, -0.15) is 0 Å². The number of fused-ring (bicyclic) bond motifs is 1. The summed E-state index contributed by atoms with van der Waals surface area (Å²) < 4.78 is 5.81. The standard InChI is InChI=1S/C42H71N5O3/c1-16-19-21-22-32(24-28(6)18-3)37(46-40(49)45-35(41(10,11)12)26-50-31(9)43-15)30(8)47-25-33-36(42(33,13)14)38(47)39(48)44-34(23-20-17-2)29(7)27(4)5/h16,18-19,28,32-38,43H,3-4,7-9,17,20-26H2,1-2,5-6,10-15H3,(H,44,48)(H2,45,46,49)/b19-16-/t28?,32?,33-,34?,35?,36-,37?,38?/m0/s1. The van der Waals surface area contributed by atoms with Crippen LogP contribution in [0.3, 0.4) is 0 Å². The van der Waals surface area contributed by atoms with Gasteiger partial charge in [-0.1, -0.05) is 105 Å². The van der Waals surface area contributed by atoms with Gasteiger partial charge < -0.3 is 30.9 Å². The van der Waals surface area contributed by atoms with Gasteiger partial charge in [-0.25, -0.2) is 4.79 Å². The summed E-state index contributed by atoms with van der Waals surface area (Å²) in [5.74, 6) is 1.27. The molecule has 2 aliphatic rings. The second-order valence-electron chi connectivity index (χ2n) is 16.4. The number of unbranched alkanes of at least 4 members (excludes halogenated alkanes) is 1. The molecule has 4 N–H and O–H groups in total. The van der Waals surface area contributed by atoms with Crippen molar-refractivity contribution in [2.24, 2.45) is 34.5 Å². The van der Waals surface area contributed by atoms with Crippen molar-refractivity contribution in [3.63, 3.8) is 0 Å². The summed E-state index contributed by atoms with van der Waals surface area (Å²) in [5.41, 5.74) is 2.29. The molecule has 50 heavy (non-hydrogen) atoms. The van der Waals surface area contributed by atoms with Crippen LogP contribution in [0.4, 0.5) is 4.79 Å². The number of hydrogen-bond donors (Lipinski definition) is 4. The average molecular weight is 694 g/mol. The summed E-state index contributed by atoms with van der Waals surface area (Å²) in [5, 5.41) is 12.9. The second kappa shape index (κ2) is 18.7. The van der Waals surface area contributed by atoms with Gasteiger partial charge in [0.05, 0.1) is 18.1 Å². The molecule has 8 heteroatoms. The van der Waals surface area contributed by atoms with Crippen molar-refractivity contribution in [2.75, 3.05) is 20.2 Å². The van der Waals surface area contributed by atoms with E-state index in [-0.39, 0.29) is 59.2 Å². The Bertz CT molecular complexity index is 1260. The molecule has 282 valence electrons. The zero-order chi connectivity index (χ0) is 38.0. The number of piperidine rings is 1. The van der Waals surface area contributed by atoms with Crippen molar-refractivity contribution in [3.05, 3.63) is 73.8 Å². The van der Waals surface area contributed by atoms with Crippen LogP contribution in [0.2, 0.25) is 0 Å². The normalized spacial score (nSPS) is 22.3. The topological polar surface area (TPSA) is 94.7 Å². The van der Waals surface area contributed by atoms with E-state index >= 15 is 0 Å². The number of urea groups is 1. The molecule has 1 saturated heterocycles. The quantitative estimate of drug-likeness (QED) is 0.0521. The minimum Gasteiger partial charge on any atom is -0.478 e. The number of hydrogen-bond acceptors (Lipinski definition) is 5. The van der Waals surface area contributed by atoms with Gasteiger partial charge in [0, 0.05) is 19.3 Å². The highest BCUT2D eigenvalue weighted by Gasteiger charge is 2.69. The molecule has 8 atom stereocenters. The van der Waals surface area contributed by atoms with Gasteiger partial charge >= 0.3 is 6.03 Å². The van der Waals surface area contributed by atoms with Gasteiger partial charge in [0.2, 0.25) is 5.91 Å². The Labute approximate surface area is 305 Å². The lowest BCUT2D eigenvalue weighted by Crippen LogP contribution is -2.57. The number of nitrogens with zero attached hydrogens (tertiary/aromatic N) is 1. The Balaban J connectivity index is 2.51. The van der Waals surface area contributed by atoms with Crippen LogP contribution in [-0.2, 0) is 9.53 Å². The van der Waals surface area contributed by atoms with Gasteiger partial charge in [0.1, 0.15) is 12.6 Å². The minimum atomic E-state index is -0.409. The lowest BCUT2D eigenvalue weighted by molar-refractivity contribution is -0.126. The van der Waals surface area contributed by atoms with Gasteiger partial charge in [0.25, 0.3) is 0 Å². The van der Waals surface area contributed by atoms with E-state index in [9.17, 15) is 9.59 Å². The fourth-order valence-electron chi connectivity index (χ4n) is 7.41. The van der Waals surface area contributed by atoms with Crippen molar-refractivity contribution in [2.45, 2.75) is 125 Å². The molecule has 0 aromatic carbocycles. The van der Waals surface area contributed by atoms with Gasteiger partial charge in [-0.05, 0) is 86.2 Å². The molecule has 0 aromatic heterocycles. The SMILES string of the molecule is C=CC(C)CC(CC/C=C\C)C(NC(=O)NC(COC(=C)NC)C(C)(C)C)C(=C)N1C[C@H]2[C@@H](C1C(=O)NC(CCCC)C(=C)C(=C)C)C2(C)C. The maximum Gasteiger partial charge on any atom is 0.315 e. The first-order valence-corrected chi connectivity index (χ1v) is 18.8. The van der Waals surface area contributed by atoms with Crippen LogP contribution in [0.5, 0.6) is 0 Å². The van der Waals surface area contributed by atoms with E-state index in [1.54, 1.807) is 7.05 Å². The van der Waals surface area contributed by atoms with E-state index in [0.29, 0.717) is 11.8 Å². The fraction of sp³-hybridized carbons (Fsp3) is 0.667. The molecule has 2 fully saturated rings. The summed E-state index contributed by atoms with van der Waals surface area (Å²) in [7, 11) is 1.75. The van der Waals surface area contributed by atoms with Gasteiger partial charge in [0.15, 0.2) is 5.88 Å². The van der Waals surface area contributed by atoms with Gasteiger partial charge in [-0.15, -0.1) is 6.58 Å². The molecule has 1 aliphatic heterocycles. The molecule has 0 bridgehead atoms. The van der Waals surface area contributed by atoms with Crippen molar-refractivity contribution in [1.29, 1.82) is 0 Å². The number of amides is 3. The summed E-state index contributed by atoms with van der Waals surface area (Å²) in [4.78, 5) is 30.6. The third-order valence-corrected chi connectivity index (χ3v) is 11.2. The smallest absolute Gasteiger partial charge is 0.315 e. The van der Waals surface area contributed by atoms with E-state index in [2.05, 4.69) is 120 Å². The number of rotatable bonds is 22. The van der Waals surface area contributed by atoms with E-state index in [1.165, 1.54) is 0 Å². The summed E-state index contributed by atoms with van der Waals surface area (Å²) in [6, 6.07) is -1.56. The number of nitrogens with one attached hydrogen (secondary N) is 4. The van der Waals surface area contributed by atoms with E-state index in [0.717, 1.165) is 61.9 Å². The molecule has 6 unspecified atom stereocenters. The molecule has 3 amide bonds. The van der Waals surface area contributed by atoms with Crippen LogP contribution in [0, 0.1) is 34.5 Å². The highest BCUT2D eigenvalue weighted by atomic mass is 16.5. The Morgan fingerprint density at radius 3 is 2.28 bits per heavy atom. The molecule has 1 saturated carbocycles. The number of likely N-dealkylation sites (tertiary alicyclic amines) is 1. The average Bonchev–Trinajstić information content (AvgIpc) is 3.35. The second-order valence-corrected chi connectivity index (χ2v) is 16.4. The van der Waals surface area contributed by atoms with Crippen molar-refractivity contribution in [3.8, 4) is 0 Å². The van der Waals surface area contributed by atoms with Crippen LogP contribution in [-0.4, -0.2) is 61.2 Å². The first-order chi connectivity index (χ1) is 23.3. The molecular formula is C42H71N5O3. The molecule has 1 heterocycles. The highest BCUT2D eigenvalue weighted by molar-refractivity contribution is 5.84. The summed E-state index contributed by atoms with van der Waals surface area (Å²) >= 11 is 0. The fourth-order valence-corrected chi connectivity index (χ4v) is 7.41. The van der Waals surface area contributed by atoms with E-state index < -0.39 is 12.1 Å². The minimum absolute atomic E-state index is 0.00411. The molecule has 0 aromatic rings. The maximum atomic E-state index is 14.4. The Kier molecular flexibility index (Phi) is 16.0. The predicted octanol–water partition coefficient (Wildman–Crippen LogP) is 8.24. The third-order valence-electron chi connectivity index (χ3n) is 11.2. The lowest BCUT2D eigenvalue weighted by Gasteiger charge is -2.40. The van der Waals surface area contributed by atoms with Crippen LogP contribution < -0.4 is 21.3 Å². The molecule has 0 spiro atoms. The molecule has 0 radical (unpaired) electrons. The monoisotopic (exact) mass is 694 g/mol. The van der Waals surface area contributed by atoms with Crippen LogP contribution in [0.1, 0.15) is 101 Å². The Hall–Kier alpha value is -3.42. The van der Waals surface area contributed by atoms with Crippen molar-refractivity contribution >= 4 is 11.9 Å². The predicted molar refractivity (Wildman–Crippen MR) is 210 cm³/mol. The number of allylic oxidation sites excluding steroid dienone is 3. The summed E-state index contributed by atoms with van der Waals surface area (Å²) in [6.45, 7) is 41.0. The van der Waals surface area contributed by atoms with E-state index in [1.807, 2.05) is 19.9 Å². The number of ether oxygens (including phenoxy) is 1. The largest absolute Gasteiger partial charge is 0.478 e. The van der Waals surface area contributed by atoms with Crippen molar-refractivity contribution in [1.82, 2.24) is 26.2 Å². The number of carbonyl (C=O) groups is 2. The maximum absolute atomic E-state index is 14.4. The van der Waals surface area contributed by atoms with Gasteiger partial charge in [-0.3, -0.25) is 4.79 Å². The zero-order valence-corrected chi connectivity index (χ0v) is 33.2. The van der Waals surface area contributed by atoms with E-state index in [4.69, 9.17) is 4.74 Å². The third kappa shape index (κ3) is 11.3. The highest BCUT2D eigenvalue weighted by Crippen LogP contribution is 2.65. The van der Waals surface area contributed by atoms with Crippen LogP contribution >= 0.6 is 0 Å². The summed E-state index contributed by atoms with van der Waals surface area (Å²) in [6.07, 6.45) is 11.6. The van der Waals surface area contributed by atoms with Crippen molar-refractivity contribution < 1.29 is 14.3 Å². The molecule has 2 rings (SSSR count). The van der Waals surface area contributed by atoms with Crippen LogP contribution in [0.15, 0.2) is 73.8 Å². The first-order valence-electron chi connectivity index (χ1n) is 18.8. The Morgan fingerprint density at radius 2 is 1.74 bits per heavy atom. The van der Waals surface area contributed by atoms with Crippen LogP contribution in [0.25, 0.3) is 0 Å². The molecule has 8 nitrogen and oxygen atoms in total. The first kappa shape index (κ1) is 42.7. The Morgan fingerprint density at radius 1 is 1.08 bits per heavy atom.